The molecule has 1 atom stereocenters. The van der Waals surface area contributed by atoms with Crippen LogP contribution in [-0.2, 0) is 4.74 Å². The Hall–Kier alpha value is -2.18. The number of carbonyl (C=O) groups is 1. The van der Waals surface area contributed by atoms with Crippen LogP contribution in [0.2, 0.25) is 0 Å². The van der Waals surface area contributed by atoms with Gasteiger partial charge < -0.3 is 14.6 Å². The molecule has 1 fully saturated rings. The van der Waals surface area contributed by atoms with Crippen molar-refractivity contribution in [3.05, 3.63) is 45.4 Å². The van der Waals surface area contributed by atoms with Gasteiger partial charge in [0.05, 0.1) is 13.2 Å². The van der Waals surface area contributed by atoms with Gasteiger partial charge in [0.15, 0.2) is 5.69 Å². The zero-order valence-electron chi connectivity index (χ0n) is 12.7. The van der Waals surface area contributed by atoms with E-state index >= 15 is 0 Å². The van der Waals surface area contributed by atoms with E-state index in [0.717, 1.165) is 24.3 Å². The molecular formula is C17H17NO4S. The summed E-state index contributed by atoms with van der Waals surface area (Å²) in [5, 5.41) is 9.69. The summed E-state index contributed by atoms with van der Waals surface area (Å²) in [5.74, 6) is -0.160. The Bertz CT molecular complexity index is 715. The van der Waals surface area contributed by atoms with Gasteiger partial charge >= 0.3 is 5.97 Å². The van der Waals surface area contributed by atoms with Crippen LogP contribution in [0.5, 0.6) is 5.75 Å². The summed E-state index contributed by atoms with van der Waals surface area (Å²) < 4.78 is 11.1. The minimum atomic E-state index is -0.990. The maximum absolute atomic E-state index is 11.0. The van der Waals surface area contributed by atoms with Gasteiger partial charge in [-0.15, -0.1) is 11.3 Å². The maximum atomic E-state index is 11.0. The minimum absolute atomic E-state index is 0.122. The van der Waals surface area contributed by atoms with E-state index < -0.39 is 5.97 Å². The lowest BCUT2D eigenvalue weighted by Gasteiger charge is -2.11. The fraction of sp³-hybridized carbons (Fsp3) is 0.294. The third-order valence-electron chi connectivity index (χ3n) is 3.50. The molecule has 0 saturated carbocycles. The summed E-state index contributed by atoms with van der Waals surface area (Å²) >= 11 is 1.37. The van der Waals surface area contributed by atoms with Gasteiger partial charge in [-0.2, -0.15) is 0 Å². The second-order valence-electron chi connectivity index (χ2n) is 5.27. The molecule has 1 aromatic heterocycles. The highest BCUT2D eigenvalue weighted by Crippen LogP contribution is 2.21. The van der Waals surface area contributed by atoms with Crippen molar-refractivity contribution in [2.45, 2.75) is 19.4 Å². The normalized spacial score (nSPS) is 17.7. The van der Waals surface area contributed by atoms with Gasteiger partial charge in [0, 0.05) is 11.3 Å². The molecule has 2 aromatic rings. The Morgan fingerprint density at radius 3 is 2.78 bits per heavy atom. The fourth-order valence-corrected chi connectivity index (χ4v) is 3.13. The molecule has 0 bridgehead atoms. The van der Waals surface area contributed by atoms with E-state index in [4.69, 9.17) is 14.6 Å². The van der Waals surface area contributed by atoms with E-state index in [1.54, 1.807) is 6.92 Å². The van der Waals surface area contributed by atoms with Crippen LogP contribution in [0, 0.1) is 6.92 Å². The third-order valence-corrected chi connectivity index (χ3v) is 4.44. The largest absolute Gasteiger partial charge is 0.488 e. The number of aryl methyl sites for hydroxylation is 1. The fourth-order valence-electron chi connectivity index (χ4n) is 2.31. The van der Waals surface area contributed by atoms with Gasteiger partial charge in [-0.05, 0) is 30.7 Å². The van der Waals surface area contributed by atoms with Crippen molar-refractivity contribution in [2.24, 2.45) is 0 Å². The summed E-state index contributed by atoms with van der Waals surface area (Å²) in [6.07, 6.45) is 4.80. The highest BCUT2D eigenvalue weighted by molar-refractivity contribution is 7.12. The number of carboxylic acids is 1. The lowest BCUT2D eigenvalue weighted by atomic mass is 10.2. The summed E-state index contributed by atoms with van der Waals surface area (Å²) in [7, 11) is 0. The minimum Gasteiger partial charge on any atom is -0.488 e. The van der Waals surface area contributed by atoms with Crippen LogP contribution in [-0.4, -0.2) is 35.4 Å². The predicted octanol–water partition coefficient (Wildman–Crippen LogP) is 3.49. The molecule has 1 aliphatic heterocycles. The number of thiazole rings is 1. The van der Waals surface area contributed by atoms with Crippen molar-refractivity contribution >= 4 is 29.5 Å². The summed E-state index contributed by atoms with van der Waals surface area (Å²) in [6.45, 7) is 3.17. The molecule has 1 unspecified atom stereocenters. The molecule has 1 aromatic carbocycles. The standard InChI is InChI=1S/C17H17NO4S/c1-11-16(17(19)20)18-15(23-11)7-4-12-2-5-13(6-3-12)22-14-8-9-21-10-14/h2-7,14H,8-10H2,1H3,(H,19,20). The molecule has 3 rings (SSSR count). The first kappa shape index (κ1) is 15.7. The average molecular weight is 331 g/mol. The van der Waals surface area contributed by atoms with Crippen molar-refractivity contribution in [1.29, 1.82) is 0 Å². The van der Waals surface area contributed by atoms with E-state index in [1.165, 1.54) is 11.3 Å². The number of hydrogen-bond donors (Lipinski definition) is 1. The Morgan fingerprint density at radius 1 is 1.39 bits per heavy atom. The second-order valence-corrected chi connectivity index (χ2v) is 6.50. The van der Waals surface area contributed by atoms with Crippen LogP contribution in [0.15, 0.2) is 24.3 Å². The highest BCUT2D eigenvalue weighted by Gasteiger charge is 2.16. The van der Waals surface area contributed by atoms with E-state index in [9.17, 15) is 4.79 Å². The maximum Gasteiger partial charge on any atom is 0.355 e. The average Bonchev–Trinajstić information content (AvgIpc) is 3.16. The first-order valence-electron chi connectivity index (χ1n) is 7.35. The molecule has 1 N–H and O–H groups in total. The molecule has 0 spiro atoms. The van der Waals surface area contributed by atoms with Crippen molar-refractivity contribution in [3.8, 4) is 5.75 Å². The van der Waals surface area contributed by atoms with Gasteiger partial charge in [0.2, 0.25) is 0 Å². The molecule has 5 nitrogen and oxygen atoms in total. The molecule has 120 valence electrons. The monoisotopic (exact) mass is 331 g/mol. The van der Waals surface area contributed by atoms with Crippen molar-refractivity contribution < 1.29 is 19.4 Å². The summed E-state index contributed by atoms with van der Waals surface area (Å²) in [4.78, 5) is 15.8. The van der Waals surface area contributed by atoms with Gasteiger partial charge in [0.25, 0.3) is 0 Å². The van der Waals surface area contributed by atoms with Gasteiger partial charge in [-0.25, -0.2) is 9.78 Å². The number of benzene rings is 1. The lowest BCUT2D eigenvalue weighted by molar-refractivity contribution is 0.0690. The van der Waals surface area contributed by atoms with E-state index in [1.807, 2.05) is 36.4 Å². The molecule has 2 heterocycles. The molecule has 23 heavy (non-hydrogen) atoms. The van der Waals surface area contributed by atoms with Crippen LogP contribution >= 0.6 is 11.3 Å². The Labute approximate surface area is 138 Å². The van der Waals surface area contributed by atoms with Crippen molar-refractivity contribution in [1.82, 2.24) is 4.98 Å². The molecular weight excluding hydrogens is 314 g/mol. The van der Waals surface area contributed by atoms with Crippen molar-refractivity contribution in [2.75, 3.05) is 13.2 Å². The topological polar surface area (TPSA) is 68.7 Å². The van der Waals surface area contributed by atoms with E-state index in [0.29, 0.717) is 16.5 Å². The van der Waals surface area contributed by atoms with Crippen LogP contribution in [0.3, 0.4) is 0 Å². The van der Waals surface area contributed by atoms with E-state index in [2.05, 4.69) is 4.98 Å². The molecule has 1 saturated heterocycles. The second kappa shape index (κ2) is 6.93. The molecule has 6 heteroatoms. The van der Waals surface area contributed by atoms with Crippen LogP contribution in [0.4, 0.5) is 0 Å². The van der Waals surface area contributed by atoms with Crippen LogP contribution < -0.4 is 4.74 Å². The Kier molecular flexibility index (Phi) is 4.73. The van der Waals surface area contributed by atoms with Gasteiger partial charge in [-0.3, -0.25) is 0 Å². The number of nitrogens with zero attached hydrogens (tertiary/aromatic N) is 1. The van der Waals surface area contributed by atoms with Crippen LogP contribution in [0.1, 0.15) is 32.4 Å². The Balaban J connectivity index is 1.65. The first-order chi connectivity index (χ1) is 11.1. The van der Waals surface area contributed by atoms with Crippen molar-refractivity contribution in [3.63, 3.8) is 0 Å². The quantitative estimate of drug-likeness (QED) is 0.908. The molecule has 0 radical (unpaired) electrons. The zero-order valence-corrected chi connectivity index (χ0v) is 13.5. The number of rotatable bonds is 5. The first-order valence-corrected chi connectivity index (χ1v) is 8.17. The van der Waals surface area contributed by atoms with Gasteiger partial charge in [0.1, 0.15) is 16.9 Å². The SMILES string of the molecule is Cc1sc(C=Cc2ccc(OC3CCOC3)cc2)nc1C(=O)O. The zero-order chi connectivity index (χ0) is 16.2. The summed E-state index contributed by atoms with van der Waals surface area (Å²) in [5.41, 5.74) is 1.13. The molecule has 1 aliphatic rings. The number of hydrogen-bond acceptors (Lipinski definition) is 5. The number of carboxylic acid groups (broad SMARTS) is 1. The smallest absolute Gasteiger partial charge is 0.355 e. The molecule has 0 aliphatic carbocycles. The summed E-state index contributed by atoms with van der Waals surface area (Å²) in [6, 6.07) is 7.77. The van der Waals surface area contributed by atoms with E-state index in [-0.39, 0.29) is 11.8 Å². The highest BCUT2D eigenvalue weighted by atomic mass is 32.1. The number of aromatic nitrogens is 1. The van der Waals surface area contributed by atoms with Gasteiger partial charge in [-0.1, -0.05) is 18.2 Å². The number of aromatic carboxylic acids is 1. The number of ether oxygens (including phenoxy) is 2. The molecule has 0 amide bonds. The third kappa shape index (κ3) is 3.97. The Morgan fingerprint density at radius 2 is 2.17 bits per heavy atom. The van der Waals surface area contributed by atoms with Crippen LogP contribution in [0.25, 0.3) is 12.2 Å². The predicted molar refractivity (Wildman–Crippen MR) is 89.0 cm³/mol. The lowest BCUT2D eigenvalue weighted by Crippen LogP contribution is -2.15.